The Labute approximate surface area is 164 Å². The molecule has 1 unspecified atom stereocenters. The predicted molar refractivity (Wildman–Crippen MR) is 102 cm³/mol. The van der Waals surface area contributed by atoms with Gasteiger partial charge in [-0.2, -0.15) is 5.10 Å². The van der Waals surface area contributed by atoms with Crippen LogP contribution in [0.25, 0.3) is 0 Å². The summed E-state index contributed by atoms with van der Waals surface area (Å²) in [6, 6.07) is 4.99. The van der Waals surface area contributed by atoms with Crippen LogP contribution in [0, 0.1) is 4.77 Å². The summed E-state index contributed by atoms with van der Waals surface area (Å²) < 4.78 is 12.1. The van der Waals surface area contributed by atoms with Crippen molar-refractivity contribution in [2.45, 2.75) is 25.8 Å². The second-order valence-corrected chi connectivity index (χ2v) is 6.87. The highest BCUT2D eigenvalue weighted by Crippen LogP contribution is 2.39. The minimum absolute atomic E-state index is 0.00764. The molecule has 146 valence electrons. The van der Waals surface area contributed by atoms with Gasteiger partial charge in [-0.1, -0.05) is 13.0 Å². The van der Waals surface area contributed by atoms with Crippen molar-refractivity contribution in [3.8, 4) is 17.4 Å². The maximum absolute atomic E-state index is 12.5. The highest BCUT2D eigenvalue weighted by Gasteiger charge is 2.35. The van der Waals surface area contributed by atoms with Crippen molar-refractivity contribution in [3.05, 3.63) is 44.5 Å². The number of ether oxygens (including phenoxy) is 2. The van der Waals surface area contributed by atoms with Crippen molar-refractivity contribution < 1.29 is 19.4 Å². The van der Waals surface area contributed by atoms with E-state index < -0.39 is 11.6 Å². The largest absolute Gasteiger partial charge is 0.494 e. The van der Waals surface area contributed by atoms with Crippen LogP contribution < -0.4 is 15.0 Å². The summed E-state index contributed by atoms with van der Waals surface area (Å²) in [5.41, 5.74) is 0.571. The van der Waals surface area contributed by atoms with Crippen molar-refractivity contribution in [3.63, 3.8) is 0 Å². The molecule has 0 saturated heterocycles. The van der Waals surface area contributed by atoms with E-state index in [2.05, 4.69) is 10.1 Å². The SMILES string of the molecule is CCC(=O)N1N=C(c2c(O)n(C)c(=S)[nH]c2=O)CC1c1ccc2c(c1)OCO2. The molecule has 2 N–H and O–H groups in total. The molecule has 4 rings (SSSR count). The number of carbonyl (C=O) groups excluding carboxylic acids is 1. The topological polar surface area (TPSA) is 109 Å². The van der Waals surface area contributed by atoms with Gasteiger partial charge in [0, 0.05) is 19.9 Å². The van der Waals surface area contributed by atoms with Gasteiger partial charge in [-0.3, -0.25) is 19.1 Å². The Morgan fingerprint density at radius 2 is 2.14 bits per heavy atom. The molecule has 1 aromatic carbocycles. The Morgan fingerprint density at radius 3 is 2.89 bits per heavy atom. The summed E-state index contributed by atoms with van der Waals surface area (Å²) in [6.45, 7) is 1.89. The summed E-state index contributed by atoms with van der Waals surface area (Å²) in [5.74, 6) is 0.747. The number of nitrogens with one attached hydrogen (secondary N) is 1. The number of benzene rings is 1. The fourth-order valence-electron chi connectivity index (χ4n) is 3.30. The van der Waals surface area contributed by atoms with Gasteiger partial charge >= 0.3 is 0 Å². The fraction of sp³-hybridized carbons (Fsp3) is 0.333. The predicted octanol–water partition coefficient (Wildman–Crippen LogP) is 1.96. The number of hydrazone groups is 1. The van der Waals surface area contributed by atoms with Gasteiger partial charge in [-0.15, -0.1) is 0 Å². The van der Waals surface area contributed by atoms with Gasteiger partial charge in [0.2, 0.25) is 18.6 Å². The van der Waals surface area contributed by atoms with Crippen LogP contribution in [0.2, 0.25) is 0 Å². The van der Waals surface area contributed by atoms with Crippen molar-refractivity contribution in [1.82, 2.24) is 14.6 Å². The maximum atomic E-state index is 12.5. The Morgan fingerprint density at radius 1 is 1.39 bits per heavy atom. The molecule has 0 saturated carbocycles. The molecular formula is C18H18N4O5S. The van der Waals surface area contributed by atoms with E-state index in [1.165, 1.54) is 16.6 Å². The first kappa shape index (κ1) is 18.2. The average molecular weight is 402 g/mol. The van der Waals surface area contributed by atoms with Gasteiger partial charge < -0.3 is 14.6 Å². The number of hydrogen-bond acceptors (Lipinski definition) is 7. The van der Waals surface area contributed by atoms with E-state index in [0.29, 0.717) is 17.2 Å². The number of aromatic amines is 1. The molecule has 2 aliphatic rings. The minimum Gasteiger partial charge on any atom is -0.494 e. The second kappa shape index (κ2) is 6.79. The molecule has 3 heterocycles. The lowest BCUT2D eigenvalue weighted by molar-refractivity contribution is -0.132. The summed E-state index contributed by atoms with van der Waals surface area (Å²) in [4.78, 5) is 27.4. The van der Waals surface area contributed by atoms with E-state index in [4.69, 9.17) is 21.7 Å². The summed E-state index contributed by atoms with van der Waals surface area (Å²) in [6.07, 6.45) is 0.512. The van der Waals surface area contributed by atoms with Crippen LogP contribution in [0.4, 0.5) is 0 Å². The lowest BCUT2D eigenvalue weighted by Crippen LogP contribution is -2.26. The molecule has 0 fully saturated rings. The third-order valence-corrected chi connectivity index (χ3v) is 5.21. The molecule has 0 spiro atoms. The smallest absolute Gasteiger partial charge is 0.264 e. The first-order chi connectivity index (χ1) is 13.4. The van der Waals surface area contributed by atoms with E-state index in [-0.39, 0.29) is 41.8 Å². The standard InChI is InChI=1S/C18H18N4O5S/c1-3-14(23)22-11(9-4-5-12-13(6-9)27-8-26-12)7-10(20-22)15-16(24)19-18(28)21(2)17(15)25/h4-6,11,25H,3,7-8H2,1-2H3,(H,19,24,28). The molecule has 0 bridgehead atoms. The third-order valence-electron chi connectivity index (χ3n) is 4.83. The lowest BCUT2D eigenvalue weighted by atomic mass is 9.98. The van der Waals surface area contributed by atoms with Crippen molar-refractivity contribution in [1.29, 1.82) is 0 Å². The molecule has 0 aliphatic carbocycles. The van der Waals surface area contributed by atoms with E-state index in [1.54, 1.807) is 19.1 Å². The number of hydrogen-bond donors (Lipinski definition) is 2. The molecule has 10 heteroatoms. The molecule has 1 aromatic heterocycles. The van der Waals surface area contributed by atoms with Crippen LogP contribution in [0.5, 0.6) is 17.4 Å². The number of fused-ring (bicyclic) bond motifs is 1. The van der Waals surface area contributed by atoms with Gasteiger partial charge in [0.1, 0.15) is 5.56 Å². The van der Waals surface area contributed by atoms with E-state index in [1.807, 2.05) is 6.07 Å². The minimum atomic E-state index is -0.547. The zero-order chi connectivity index (χ0) is 20.0. The van der Waals surface area contributed by atoms with Crippen LogP contribution >= 0.6 is 12.2 Å². The highest BCUT2D eigenvalue weighted by molar-refractivity contribution is 7.71. The molecule has 9 nitrogen and oxygen atoms in total. The van der Waals surface area contributed by atoms with Crippen LogP contribution in [-0.4, -0.2) is 38.1 Å². The van der Waals surface area contributed by atoms with Crippen molar-refractivity contribution in [2.24, 2.45) is 12.1 Å². The number of nitrogens with zero attached hydrogens (tertiary/aromatic N) is 3. The van der Waals surface area contributed by atoms with Crippen molar-refractivity contribution in [2.75, 3.05) is 6.79 Å². The molecule has 2 aliphatic heterocycles. The summed E-state index contributed by atoms with van der Waals surface area (Å²) in [7, 11) is 1.54. The molecule has 0 radical (unpaired) electrons. The zero-order valence-corrected chi connectivity index (χ0v) is 16.1. The quantitative estimate of drug-likeness (QED) is 0.760. The maximum Gasteiger partial charge on any atom is 0.264 e. The van der Waals surface area contributed by atoms with Crippen LogP contribution in [0.3, 0.4) is 0 Å². The molecular weight excluding hydrogens is 384 g/mol. The zero-order valence-electron chi connectivity index (χ0n) is 15.3. The average Bonchev–Trinajstić information content (AvgIpc) is 3.32. The van der Waals surface area contributed by atoms with E-state index in [9.17, 15) is 14.7 Å². The normalized spacial score (nSPS) is 17.7. The third kappa shape index (κ3) is 2.85. The van der Waals surface area contributed by atoms with E-state index in [0.717, 1.165) is 5.56 Å². The molecule has 1 atom stereocenters. The first-order valence-electron chi connectivity index (χ1n) is 8.72. The number of carbonyl (C=O) groups is 1. The Balaban J connectivity index is 1.78. The summed E-state index contributed by atoms with van der Waals surface area (Å²) >= 11 is 5.01. The fourth-order valence-corrected chi connectivity index (χ4v) is 3.48. The number of rotatable bonds is 3. The van der Waals surface area contributed by atoms with Gasteiger partial charge in [0.05, 0.1) is 11.8 Å². The molecule has 2 aromatic rings. The van der Waals surface area contributed by atoms with Crippen molar-refractivity contribution >= 4 is 23.8 Å². The first-order valence-corrected chi connectivity index (χ1v) is 9.13. The van der Waals surface area contributed by atoms with Crippen LogP contribution in [-0.2, 0) is 11.8 Å². The second-order valence-electron chi connectivity index (χ2n) is 6.49. The van der Waals surface area contributed by atoms with Gasteiger partial charge in [-0.05, 0) is 29.9 Å². The number of amides is 1. The summed E-state index contributed by atoms with van der Waals surface area (Å²) in [5, 5.41) is 16.2. The van der Waals surface area contributed by atoms with Crippen LogP contribution in [0.15, 0.2) is 28.1 Å². The van der Waals surface area contributed by atoms with E-state index >= 15 is 0 Å². The Kier molecular flexibility index (Phi) is 4.42. The Hall–Kier alpha value is -3.14. The monoisotopic (exact) mass is 402 g/mol. The number of aromatic hydroxyl groups is 1. The number of aromatic nitrogens is 2. The molecule has 1 amide bonds. The van der Waals surface area contributed by atoms with Gasteiger partial charge in [0.15, 0.2) is 16.3 Å². The molecule has 28 heavy (non-hydrogen) atoms. The Bertz CT molecular complexity index is 1120. The van der Waals surface area contributed by atoms with Gasteiger partial charge in [-0.25, -0.2) is 5.01 Å². The lowest BCUT2D eigenvalue weighted by Gasteiger charge is -2.21. The number of H-pyrrole nitrogens is 1. The van der Waals surface area contributed by atoms with Crippen LogP contribution in [0.1, 0.15) is 36.9 Å². The van der Waals surface area contributed by atoms with Gasteiger partial charge in [0.25, 0.3) is 5.56 Å². The highest BCUT2D eigenvalue weighted by atomic mass is 32.1.